The molecule has 0 saturated carbocycles. The van der Waals surface area contributed by atoms with Gasteiger partial charge in [0.1, 0.15) is 12.0 Å². The molecule has 1 fully saturated rings. The number of hydrogen-bond acceptors (Lipinski definition) is 7. The molecule has 196 valence electrons. The number of hydrogen-bond donors (Lipinski definition) is 1. The highest BCUT2D eigenvalue weighted by atomic mass is 19.1. The highest BCUT2D eigenvalue weighted by molar-refractivity contribution is 5.94. The minimum absolute atomic E-state index is 0.156. The van der Waals surface area contributed by atoms with Crippen molar-refractivity contribution in [1.29, 1.82) is 0 Å². The van der Waals surface area contributed by atoms with Gasteiger partial charge in [0.05, 0.1) is 11.6 Å². The second-order valence-corrected chi connectivity index (χ2v) is 8.78. The molecule has 1 saturated heterocycles. The largest absolute Gasteiger partial charge is 0.433 e. The maximum atomic E-state index is 15.5. The van der Waals surface area contributed by atoms with E-state index in [4.69, 9.17) is 10.5 Å². The molecule has 0 amide bonds. The number of nitrogens with two attached hydrogens (primary N) is 1. The minimum Gasteiger partial charge on any atom is -0.433 e. The molecular weight excluding hydrogens is 485 g/mol. The number of piperazine rings is 1. The fourth-order valence-electron chi connectivity index (χ4n) is 4.65. The van der Waals surface area contributed by atoms with E-state index in [-0.39, 0.29) is 16.6 Å². The molecular formula is C26H29F3N6O2. The number of nitrogens with zero attached hydrogens (tertiary/aromatic N) is 5. The SMILES string of the molecule is C=C/C=C(\C(N)c1ncnc(Oc2cc(F)c3c(cc(C)n3C(C)=O)c2F)c1F)N1CCN(CC)CC1. The molecule has 2 aromatic heterocycles. The zero-order valence-electron chi connectivity index (χ0n) is 21.0. The molecule has 0 aliphatic carbocycles. The average molecular weight is 515 g/mol. The van der Waals surface area contributed by atoms with Gasteiger partial charge >= 0.3 is 0 Å². The predicted molar refractivity (Wildman–Crippen MR) is 134 cm³/mol. The summed E-state index contributed by atoms with van der Waals surface area (Å²) in [7, 11) is 0. The quantitative estimate of drug-likeness (QED) is 0.470. The standard InChI is InChI=1S/C26H29F3N6O2/c1-5-7-19(34-10-8-33(6-2)9-11-34)23(30)24-22(29)26(32-14-31-24)37-20-13-18(27)25-17(21(20)28)12-15(3)35(25)16(4)36/h5,7,12-14,23H,1,6,8-11,30H2,2-4H3/b19-7+. The molecule has 8 nitrogen and oxygen atoms in total. The second-order valence-electron chi connectivity index (χ2n) is 8.78. The number of fused-ring (bicyclic) bond motifs is 1. The van der Waals surface area contributed by atoms with Crippen molar-refractivity contribution in [2.24, 2.45) is 5.73 Å². The van der Waals surface area contributed by atoms with Gasteiger partial charge in [-0.1, -0.05) is 19.6 Å². The van der Waals surface area contributed by atoms with Gasteiger partial charge in [-0.2, -0.15) is 9.37 Å². The number of benzene rings is 1. The number of aromatic nitrogens is 3. The lowest BCUT2D eigenvalue weighted by molar-refractivity contribution is 0.0939. The monoisotopic (exact) mass is 514 g/mol. The van der Waals surface area contributed by atoms with Crippen molar-refractivity contribution in [3.63, 3.8) is 0 Å². The summed E-state index contributed by atoms with van der Waals surface area (Å²) in [6.07, 6.45) is 4.33. The van der Waals surface area contributed by atoms with Crippen LogP contribution in [0.25, 0.3) is 10.9 Å². The van der Waals surface area contributed by atoms with E-state index in [1.54, 1.807) is 19.1 Å². The molecule has 0 bridgehead atoms. The van der Waals surface area contributed by atoms with Gasteiger partial charge in [-0.3, -0.25) is 9.36 Å². The summed E-state index contributed by atoms with van der Waals surface area (Å²) in [5, 5.41) is -0.170. The Labute approximate surface area is 212 Å². The van der Waals surface area contributed by atoms with Crippen molar-refractivity contribution in [2.75, 3.05) is 32.7 Å². The maximum absolute atomic E-state index is 15.5. The molecule has 1 aromatic carbocycles. The molecule has 37 heavy (non-hydrogen) atoms. The summed E-state index contributed by atoms with van der Waals surface area (Å²) >= 11 is 0. The van der Waals surface area contributed by atoms with E-state index < -0.39 is 41.0 Å². The molecule has 11 heteroatoms. The molecule has 0 spiro atoms. The van der Waals surface area contributed by atoms with E-state index in [0.717, 1.165) is 36.6 Å². The molecule has 2 N–H and O–H groups in total. The minimum atomic E-state index is -0.991. The van der Waals surface area contributed by atoms with Crippen molar-refractivity contribution >= 4 is 16.8 Å². The molecule has 1 aliphatic rings. The molecule has 3 aromatic rings. The number of carbonyl (C=O) groups is 1. The van der Waals surface area contributed by atoms with Crippen molar-refractivity contribution in [1.82, 2.24) is 24.3 Å². The molecule has 4 rings (SSSR count). The van der Waals surface area contributed by atoms with Gasteiger partial charge in [-0.15, -0.1) is 0 Å². The van der Waals surface area contributed by atoms with Crippen LogP contribution in [0, 0.1) is 24.4 Å². The average Bonchev–Trinajstić information content (AvgIpc) is 3.24. The van der Waals surface area contributed by atoms with Crippen LogP contribution in [0.15, 0.2) is 42.9 Å². The fraction of sp³-hybridized carbons (Fsp3) is 0.346. The summed E-state index contributed by atoms with van der Waals surface area (Å²) in [6.45, 7) is 12.6. The Morgan fingerprint density at radius 1 is 1.19 bits per heavy atom. The summed E-state index contributed by atoms with van der Waals surface area (Å²) in [6, 6.07) is 1.10. The predicted octanol–water partition coefficient (Wildman–Crippen LogP) is 4.32. The zero-order valence-corrected chi connectivity index (χ0v) is 21.0. The highest BCUT2D eigenvalue weighted by Gasteiger charge is 2.28. The van der Waals surface area contributed by atoms with Crippen molar-refractivity contribution in [3.8, 4) is 11.6 Å². The van der Waals surface area contributed by atoms with E-state index >= 15 is 8.78 Å². The Morgan fingerprint density at radius 3 is 2.51 bits per heavy atom. The van der Waals surface area contributed by atoms with E-state index in [2.05, 4.69) is 28.4 Å². The van der Waals surface area contributed by atoms with Crippen LogP contribution in [0.5, 0.6) is 11.6 Å². The third-order valence-electron chi connectivity index (χ3n) is 6.51. The van der Waals surface area contributed by atoms with E-state index in [9.17, 15) is 9.18 Å². The summed E-state index contributed by atoms with van der Waals surface area (Å²) in [5.74, 6) is -4.50. The van der Waals surface area contributed by atoms with Gasteiger partial charge in [-0.25, -0.2) is 13.8 Å². The van der Waals surface area contributed by atoms with Crippen molar-refractivity contribution in [2.45, 2.75) is 26.8 Å². The first kappa shape index (κ1) is 26.4. The Hall–Kier alpha value is -3.70. The summed E-state index contributed by atoms with van der Waals surface area (Å²) < 4.78 is 52.2. The lowest BCUT2D eigenvalue weighted by Gasteiger charge is -2.38. The van der Waals surface area contributed by atoms with Gasteiger partial charge in [0, 0.05) is 55.9 Å². The van der Waals surface area contributed by atoms with E-state index in [0.29, 0.717) is 24.5 Å². The smallest absolute Gasteiger partial charge is 0.259 e. The Balaban J connectivity index is 1.67. The molecule has 1 unspecified atom stereocenters. The van der Waals surface area contributed by atoms with Crippen LogP contribution in [-0.2, 0) is 0 Å². The van der Waals surface area contributed by atoms with Crippen LogP contribution in [0.1, 0.15) is 36.1 Å². The number of halogens is 3. The molecule has 3 heterocycles. The first-order valence-corrected chi connectivity index (χ1v) is 11.9. The number of likely N-dealkylation sites (N-methyl/N-ethyl adjacent to an activating group) is 1. The van der Waals surface area contributed by atoms with Crippen LogP contribution < -0.4 is 10.5 Å². The highest BCUT2D eigenvalue weighted by Crippen LogP contribution is 2.35. The number of ether oxygens (including phenoxy) is 1. The Kier molecular flexibility index (Phi) is 7.65. The van der Waals surface area contributed by atoms with E-state index in [1.807, 2.05) is 4.90 Å². The molecule has 0 radical (unpaired) electrons. The van der Waals surface area contributed by atoms with Crippen molar-refractivity contribution in [3.05, 3.63) is 71.7 Å². The van der Waals surface area contributed by atoms with Gasteiger partial charge < -0.3 is 20.3 Å². The Morgan fingerprint density at radius 2 is 1.89 bits per heavy atom. The van der Waals surface area contributed by atoms with Crippen LogP contribution in [0.4, 0.5) is 13.2 Å². The number of allylic oxidation sites excluding steroid dienone is 2. The van der Waals surface area contributed by atoms with Gasteiger partial charge in [-0.05, 0) is 25.6 Å². The van der Waals surface area contributed by atoms with Crippen LogP contribution in [0.2, 0.25) is 0 Å². The number of rotatable bonds is 7. The first-order chi connectivity index (χ1) is 17.7. The van der Waals surface area contributed by atoms with Crippen LogP contribution >= 0.6 is 0 Å². The fourth-order valence-corrected chi connectivity index (χ4v) is 4.65. The van der Waals surface area contributed by atoms with Crippen LogP contribution in [-0.4, -0.2) is 63.0 Å². The molecule has 1 atom stereocenters. The van der Waals surface area contributed by atoms with Crippen molar-refractivity contribution < 1.29 is 22.7 Å². The molecule has 1 aliphatic heterocycles. The second kappa shape index (κ2) is 10.7. The lowest BCUT2D eigenvalue weighted by Crippen LogP contribution is -2.47. The van der Waals surface area contributed by atoms with Gasteiger partial charge in [0.25, 0.3) is 5.88 Å². The topological polar surface area (TPSA) is 89.5 Å². The van der Waals surface area contributed by atoms with Gasteiger partial charge in [0.2, 0.25) is 11.7 Å². The van der Waals surface area contributed by atoms with Gasteiger partial charge in [0.15, 0.2) is 17.4 Å². The normalized spacial score (nSPS) is 15.8. The number of carbonyl (C=O) groups excluding carboxylic acids is 1. The third kappa shape index (κ3) is 4.96. The summed E-state index contributed by atoms with van der Waals surface area (Å²) in [4.78, 5) is 24.1. The zero-order chi connectivity index (χ0) is 26.9. The summed E-state index contributed by atoms with van der Waals surface area (Å²) in [5.41, 5.74) is 7.03. The third-order valence-corrected chi connectivity index (χ3v) is 6.51. The van der Waals surface area contributed by atoms with Crippen LogP contribution in [0.3, 0.4) is 0 Å². The Bertz CT molecular complexity index is 1380. The number of aryl methyl sites for hydroxylation is 1. The first-order valence-electron chi connectivity index (χ1n) is 11.9. The maximum Gasteiger partial charge on any atom is 0.259 e. The van der Waals surface area contributed by atoms with E-state index in [1.165, 1.54) is 13.0 Å². The lowest BCUT2D eigenvalue weighted by atomic mass is 10.1.